The van der Waals surface area contributed by atoms with Gasteiger partial charge >= 0.3 is 0 Å². The molecule has 0 saturated heterocycles. The summed E-state index contributed by atoms with van der Waals surface area (Å²) in [6.45, 7) is 4.45. The monoisotopic (exact) mass is 199 g/mol. The Morgan fingerprint density at radius 1 is 1.54 bits per heavy atom. The van der Waals surface area contributed by atoms with Crippen LogP contribution in [-0.2, 0) is 0 Å². The van der Waals surface area contributed by atoms with Gasteiger partial charge in [0.1, 0.15) is 5.75 Å². The maximum Gasteiger partial charge on any atom is 0.125 e. The summed E-state index contributed by atoms with van der Waals surface area (Å²) >= 11 is 6.00. The summed E-state index contributed by atoms with van der Waals surface area (Å²) < 4.78 is 5.41. The lowest BCUT2D eigenvalue weighted by molar-refractivity contribution is 0.335. The van der Waals surface area contributed by atoms with E-state index in [2.05, 4.69) is 0 Å². The summed E-state index contributed by atoms with van der Waals surface area (Å²) in [4.78, 5) is 0. The van der Waals surface area contributed by atoms with Crippen molar-refractivity contribution >= 4 is 11.6 Å². The summed E-state index contributed by atoms with van der Waals surface area (Å²) in [5.74, 6) is 0.782. The van der Waals surface area contributed by atoms with Crippen LogP contribution in [-0.4, -0.2) is 6.61 Å². The fraction of sp³-hybridized carbons (Fsp3) is 0.400. The number of hydrogen-bond acceptors (Lipinski definition) is 2. The van der Waals surface area contributed by atoms with Crippen molar-refractivity contribution in [2.45, 2.75) is 19.9 Å². The van der Waals surface area contributed by atoms with Crippen molar-refractivity contribution in [1.29, 1.82) is 0 Å². The Labute approximate surface area is 83.6 Å². The summed E-state index contributed by atoms with van der Waals surface area (Å²) in [5, 5.41) is 0.668. The van der Waals surface area contributed by atoms with Crippen LogP contribution in [0.15, 0.2) is 18.2 Å². The Balaban J connectivity index is 3.10. The van der Waals surface area contributed by atoms with Crippen LogP contribution in [0.2, 0.25) is 5.02 Å². The SMILES string of the molecule is CCOc1cccc(Cl)c1C(C)N. The molecule has 72 valence electrons. The van der Waals surface area contributed by atoms with Gasteiger partial charge in [-0.15, -0.1) is 0 Å². The van der Waals surface area contributed by atoms with Gasteiger partial charge in [0.15, 0.2) is 0 Å². The Hall–Kier alpha value is -0.730. The summed E-state index contributed by atoms with van der Waals surface area (Å²) in [6, 6.07) is 5.46. The van der Waals surface area contributed by atoms with Crippen molar-refractivity contribution < 1.29 is 4.74 Å². The molecule has 0 aliphatic heterocycles. The molecule has 13 heavy (non-hydrogen) atoms. The Morgan fingerprint density at radius 2 is 2.23 bits per heavy atom. The first-order valence-corrected chi connectivity index (χ1v) is 4.71. The van der Waals surface area contributed by atoms with Crippen LogP contribution in [0.3, 0.4) is 0 Å². The van der Waals surface area contributed by atoms with Crippen molar-refractivity contribution in [2.24, 2.45) is 5.73 Å². The standard InChI is InChI=1S/C10H14ClNO/c1-3-13-9-6-4-5-8(11)10(9)7(2)12/h4-7H,3,12H2,1-2H3. The van der Waals surface area contributed by atoms with Crippen LogP contribution in [0.5, 0.6) is 5.75 Å². The van der Waals surface area contributed by atoms with E-state index in [0.29, 0.717) is 11.6 Å². The van der Waals surface area contributed by atoms with Gasteiger partial charge in [0, 0.05) is 16.6 Å². The van der Waals surface area contributed by atoms with Gasteiger partial charge in [0.05, 0.1) is 6.61 Å². The van der Waals surface area contributed by atoms with Crippen LogP contribution < -0.4 is 10.5 Å². The first kappa shape index (κ1) is 10.4. The van der Waals surface area contributed by atoms with E-state index in [4.69, 9.17) is 22.1 Å². The molecule has 0 aromatic heterocycles. The minimum Gasteiger partial charge on any atom is -0.493 e. The molecule has 2 N–H and O–H groups in total. The van der Waals surface area contributed by atoms with E-state index in [0.717, 1.165) is 11.3 Å². The van der Waals surface area contributed by atoms with Crippen molar-refractivity contribution in [3.8, 4) is 5.75 Å². The van der Waals surface area contributed by atoms with Crippen molar-refractivity contribution in [3.05, 3.63) is 28.8 Å². The van der Waals surface area contributed by atoms with Crippen molar-refractivity contribution in [3.63, 3.8) is 0 Å². The first-order chi connectivity index (χ1) is 6.16. The third-order valence-electron chi connectivity index (χ3n) is 1.77. The molecule has 0 radical (unpaired) electrons. The maximum absolute atomic E-state index is 6.00. The number of hydrogen-bond donors (Lipinski definition) is 1. The number of rotatable bonds is 3. The van der Waals surface area contributed by atoms with Crippen LogP contribution in [0.4, 0.5) is 0 Å². The molecule has 1 aromatic carbocycles. The molecular weight excluding hydrogens is 186 g/mol. The molecule has 0 spiro atoms. The molecule has 3 heteroatoms. The second kappa shape index (κ2) is 4.49. The maximum atomic E-state index is 6.00. The first-order valence-electron chi connectivity index (χ1n) is 4.33. The second-order valence-electron chi connectivity index (χ2n) is 2.87. The predicted molar refractivity (Wildman–Crippen MR) is 55.2 cm³/mol. The zero-order valence-electron chi connectivity index (χ0n) is 7.88. The van der Waals surface area contributed by atoms with Gasteiger partial charge < -0.3 is 10.5 Å². The lowest BCUT2D eigenvalue weighted by Crippen LogP contribution is -2.08. The quantitative estimate of drug-likeness (QED) is 0.813. The van der Waals surface area contributed by atoms with E-state index >= 15 is 0 Å². The van der Waals surface area contributed by atoms with Gasteiger partial charge in [0.25, 0.3) is 0 Å². The molecule has 0 fully saturated rings. The molecular formula is C10H14ClNO. The van der Waals surface area contributed by atoms with E-state index in [-0.39, 0.29) is 6.04 Å². The highest BCUT2D eigenvalue weighted by atomic mass is 35.5. The Bertz CT molecular complexity index is 286. The fourth-order valence-corrected chi connectivity index (χ4v) is 1.58. The van der Waals surface area contributed by atoms with Gasteiger partial charge in [-0.2, -0.15) is 0 Å². The third-order valence-corrected chi connectivity index (χ3v) is 2.10. The van der Waals surface area contributed by atoms with Gasteiger partial charge in [-0.25, -0.2) is 0 Å². The number of halogens is 1. The highest BCUT2D eigenvalue weighted by molar-refractivity contribution is 6.31. The van der Waals surface area contributed by atoms with E-state index in [1.807, 2.05) is 32.0 Å². The van der Waals surface area contributed by atoms with Crippen LogP contribution in [0.25, 0.3) is 0 Å². The number of ether oxygens (including phenoxy) is 1. The molecule has 1 unspecified atom stereocenters. The number of nitrogens with two attached hydrogens (primary N) is 1. The molecule has 1 atom stereocenters. The summed E-state index contributed by atoms with van der Waals surface area (Å²) in [6.07, 6.45) is 0. The molecule has 0 bridgehead atoms. The zero-order chi connectivity index (χ0) is 9.84. The predicted octanol–water partition coefficient (Wildman–Crippen LogP) is 2.76. The fourth-order valence-electron chi connectivity index (χ4n) is 1.24. The summed E-state index contributed by atoms with van der Waals surface area (Å²) in [5.41, 5.74) is 6.66. The van der Waals surface area contributed by atoms with Gasteiger partial charge in [-0.1, -0.05) is 17.7 Å². The average Bonchev–Trinajstić information content (AvgIpc) is 2.04. The largest absolute Gasteiger partial charge is 0.493 e. The molecule has 0 aliphatic carbocycles. The highest BCUT2D eigenvalue weighted by Crippen LogP contribution is 2.30. The van der Waals surface area contributed by atoms with Gasteiger partial charge in [-0.05, 0) is 26.0 Å². The summed E-state index contributed by atoms with van der Waals surface area (Å²) in [7, 11) is 0. The van der Waals surface area contributed by atoms with E-state index in [1.165, 1.54) is 0 Å². The zero-order valence-corrected chi connectivity index (χ0v) is 8.64. The topological polar surface area (TPSA) is 35.2 Å². The van der Waals surface area contributed by atoms with E-state index in [1.54, 1.807) is 0 Å². The van der Waals surface area contributed by atoms with Crippen LogP contribution in [0.1, 0.15) is 25.5 Å². The number of benzene rings is 1. The normalized spacial score (nSPS) is 12.6. The second-order valence-corrected chi connectivity index (χ2v) is 3.28. The molecule has 1 rings (SSSR count). The highest BCUT2D eigenvalue weighted by Gasteiger charge is 2.11. The lowest BCUT2D eigenvalue weighted by atomic mass is 10.1. The minimum atomic E-state index is -0.102. The smallest absolute Gasteiger partial charge is 0.125 e. The van der Waals surface area contributed by atoms with Gasteiger partial charge in [-0.3, -0.25) is 0 Å². The van der Waals surface area contributed by atoms with Crippen LogP contribution >= 0.6 is 11.6 Å². The Kier molecular flexibility index (Phi) is 3.58. The van der Waals surface area contributed by atoms with Gasteiger partial charge in [0.2, 0.25) is 0 Å². The minimum absolute atomic E-state index is 0.102. The lowest BCUT2D eigenvalue weighted by Gasteiger charge is -2.14. The molecule has 0 heterocycles. The van der Waals surface area contributed by atoms with E-state index in [9.17, 15) is 0 Å². The van der Waals surface area contributed by atoms with Crippen molar-refractivity contribution in [2.75, 3.05) is 6.61 Å². The van der Waals surface area contributed by atoms with E-state index < -0.39 is 0 Å². The molecule has 0 aliphatic rings. The van der Waals surface area contributed by atoms with Crippen molar-refractivity contribution in [1.82, 2.24) is 0 Å². The molecule has 0 amide bonds. The molecule has 0 saturated carbocycles. The Morgan fingerprint density at radius 3 is 2.77 bits per heavy atom. The average molecular weight is 200 g/mol. The molecule has 1 aromatic rings. The third kappa shape index (κ3) is 2.36. The van der Waals surface area contributed by atoms with Crippen LogP contribution in [0, 0.1) is 0 Å². The molecule has 2 nitrogen and oxygen atoms in total.